The van der Waals surface area contributed by atoms with Crippen LogP contribution in [0.2, 0.25) is 0 Å². The molecule has 2 aromatic rings. The quantitative estimate of drug-likeness (QED) is 0.222. The third kappa shape index (κ3) is 15.1. The van der Waals surface area contributed by atoms with E-state index in [1.165, 1.54) is 81.8 Å². The minimum Gasteiger partial charge on any atom is -0.488 e. The minimum absolute atomic E-state index is 0.612. The number of para-hydroxylation sites is 1. The zero-order chi connectivity index (χ0) is 28.6. The Balaban J connectivity index is 0.000000391. The molecule has 3 rings (SSSR count). The highest BCUT2D eigenvalue weighted by Gasteiger charge is 2.14. The van der Waals surface area contributed by atoms with Crippen LogP contribution < -0.4 is 4.74 Å². The second-order valence-electron chi connectivity index (χ2n) is 10.4. The second kappa shape index (κ2) is 23.5. The van der Waals surface area contributed by atoms with Gasteiger partial charge in [0.1, 0.15) is 12.4 Å². The number of benzene rings is 2. The van der Waals surface area contributed by atoms with Gasteiger partial charge >= 0.3 is 0 Å². The first-order valence-electron chi connectivity index (χ1n) is 15.9. The zero-order valence-corrected chi connectivity index (χ0v) is 26.1. The van der Waals surface area contributed by atoms with Gasteiger partial charge in [-0.2, -0.15) is 0 Å². The maximum Gasteiger partial charge on any atom is 0.126 e. The minimum atomic E-state index is 0.612. The summed E-state index contributed by atoms with van der Waals surface area (Å²) in [6.45, 7) is 12.4. The molecule has 0 bridgehead atoms. The van der Waals surface area contributed by atoms with Crippen molar-refractivity contribution in [1.29, 1.82) is 0 Å². The highest BCUT2D eigenvalue weighted by molar-refractivity contribution is 5.85. The van der Waals surface area contributed by atoms with Gasteiger partial charge in [0.15, 0.2) is 0 Å². The molecule has 1 aliphatic carbocycles. The van der Waals surface area contributed by atoms with E-state index in [4.69, 9.17) is 9.73 Å². The van der Waals surface area contributed by atoms with E-state index >= 15 is 0 Å². The van der Waals surface area contributed by atoms with Crippen LogP contribution in [0.15, 0.2) is 64.6 Å². The van der Waals surface area contributed by atoms with Crippen LogP contribution in [0, 0.1) is 5.92 Å². The maximum absolute atomic E-state index is 5.63. The van der Waals surface area contributed by atoms with Crippen LogP contribution in [0.5, 0.6) is 5.75 Å². The van der Waals surface area contributed by atoms with Crippen molar-refractivity contribution in [3.63, 3.8) is 0 Å². The van der Waals surface area contributed by atoms with Gasteiger partial charge in [0, 0.05) is 25.5 Å². The molecule has 2 aromatic carbocycles. The van der Waals surface area contributed by atoms with Gasteiger partial charge in [0.25, 0.3) is 0 Å². The third-order valence-corrected chi connectivity index (χ3v) is 7.31. The molecule has 0 N–H and O–H groups in total. The molecule has 0 heterocycles. The van der Waals surface area contributed by atoms with Gasteiger partial charge in [0.05, 0.1) is 0 Å². The largest absolute Gasteiger partial charge is 0.488 e. The molecule has 0 spiro atoms. The van der Waals surface area contributed by atoms with E-state index in [-0.39, 0.29) is 0 Å². The number of unbranched alkanes of at least 4 members (excludes halogenated alkanes) is 1. The van der Waals surface area contributed by atoms with E-state index in [0.29, 0.717) is 12.5 Å². The normalized spacial score (nSPS) is 14.0. The van der Waals surface area contributed by atoms with E-state index in [0.717, 1.165) is 30.3 Å². The summed E-state index contributed by atoms with van der Waals surface area (Å²) in [5, 5.41) is 0. The molecule has 1 fully saturated rings. The molecule has 3 heteroatoms. The number of rotatable bonds is 14. The lowest BCUT2D eigenvalue weighted by Crippen LogP contribution is -2.11. The average molecular weight is 535 g/mol. The fourth-order valence-electron chi connectivity index (χ4n) is 5.14. The number of aliphatic imine (C=N–C) groups is 2. The van der Waals surface area contributed by atoms with E-state index in [1.54, 1.807) is 0 Å². The molecule has 0 aliphatic heterocycles. The van der Waals surface area contributed by atoms with Crippen molar-refractivity contribution in [1.82, 2.24) is 0 Å². The molecule has 0 saturated heterocycles. The Hall–Kier alpha value is -2.42. The van der Waals surface area contributed by atoms with Crippen LogP contribution in [0.4, 0.5) is 0 Å². The van der Waals surface area contributed by atoms with E-state index in [1.807, 2.05) is 51.2 Å². The summed E-state index contributed by atoms with van der Waals surface area (Å²) in [5.74, 6) is 2.45. The number of ether oxygens (including phenoxy) is 1. The molecule has 1 saturated carbocycles. The lowest BCUT2D eigenvalue weighted by molar-refractivity contribution is 0.367. The van der Waals surface area contributed by atoms with Gasteiger partial charge in [-0.1, -0.05) is 116 Å². The molecule has 1 aliphatic rings. The Kier molecular flexibility index (Phi) is 20.8. The topological polar surface area (TPSA) is 34.0 Å². The third-order valence-electron chi connectivity index (χ3n) is 7.31. The Labute approximate surface area is 241 Å². The SMILES string of the molecule is CC.CCCC(CCC)c1ccccc1C=NCC1CCCCC1.CCCCC(COc1ccccc1)=NC. The van der Waals surface area contributed by atoms with Crippen molar-refractivity contribution >= 4 is 11.9 Å². The summed E-state index contributed by atoms with van der Waals surface area (Å²) in [6.07, 6.45) is 17.7. The van der Waals surface area contributed by atoms with E-state index in [9.17, 15) is 0 Å². The predicted molar refractivity (Wildman–Crippen MR) is 174 cm³/mol. The first kappa shape index (κ1) is 34.6. The van der Waals surface area contributed by atoms with Gasteiger partial charge in [-0.25, -0.2) is 0 Å². The fraction of sp³-hybridized carbons (Fsp3) is 0.611. The summed E-state index contributed by atoms with van der Waals surface area (Å²) >= 11 is 0. The Bertz CT molecular complexity index is 878. The first-order chi connectivity index (χ1) is 19.2. The molecule has 3 nitrogen and oxygen atoms in total. The molecular formula is C36H58N2O. The Morgan fingerprint density at radius 3 is 2.13 bits per heavy atom. The highest BCUT2D eigenvalue weighted by atomic mass is 16.5. The Morgan fingerprint density at radius 2 is 1.51 bits per heavy atom. The second-order valence-corrected chi connectivity index (χ2v) is 10.4. The molecule has 39 heavy (non-hydrogen) atoms. The first-order valence-corrected chi connectivity index (χ1v) is 15.9. The zero-order valence-electron chi connectivity index (χ0n) is 26.1. The van der Waals surface area contributed by atoms with E-state index < -0.39 is 0 Å². The summed E-state index contributed by atoms with van der Waals surface area (Å²) in [7, 11) is 1.83. The molecule has 0 unspecified atom stereocenters. The van der Waals surface area contributed by atoms with Gasteiger partial charge in [-0.15, -0.1) is 0 Å². The van der Waals surface area contributed by atoms with Crippen LogP contribution in [0.25, 0.3) is 0 Å². The van der Waals surface area contributed by atoms with Crippen LogP contribution in [-0.2, 0) is 0 Å². The molecule has 0 radical (unpaired) electrons. The number of hydrogen-bond acceptors (Lipinski definition) is 3. The Morgan fingerprint density at radius 1 is 0.872 bits per heavy atom. The molecule has 218 valence electrons. The lowest BCUT2D eigenvalue weighted by Gasteiger charge is -2.20. The fourth-order valence-corrected chi connectivity index (χ4v) is 5.14. The van der Waals surface area contributed by atoms with Crippen LogP contribution in [-0.4, -0.2) is 32.1 Å². The van der Waals surface area contributed by atoms with Gasteiger partial charge in [0.2, 0.25) is 0 Å². The van der Waals surface area contributed by atoms with Crippen molar-refractivity contribution in [3.8, 4) is 5.75 Å². The summed E-state index contributed by atoms with van der Waals surface area (Å²) in [4.78, 5) is 9.04. The molecular weight excluding hydrogens is 476 g/mol. The van der Waals surface area contributed by atoms with Crippen LogP contribution in [0.3, 0.4) is 0 Å². The average Bonchev–Trinajstić information content (AvgIpc) is 3.00. The van der Waals surface area contributed by atoms with Crippen molar-refractivity contribution < 1.29 is 4.74 Å². The molecule has 0 aromatic heterocycles. The van der Waals surface area contributed by atoms with E-state index in [2.05, 4.69) is 56.2 Å². The van der Waals surface area contributed by atoms with Crippen molar-refractivity contribution in [2.24, 2.45) is 15.9 Å². The predicted octanol–water partition coefficient (Wildman–Crippen LogP) is 10.7. The number of hydrogen-bond donors (Lipinski definition) is 0. The summed E-state index contributed by atoms with van der Waals surface area (Å²) < 4.78 is 5.63. The smallest absolute Gasteiger partial charge is 0.126 e. The monoisotopic (exact) mass is 534 g/mol. The molecule has 0 atom stereocenters. The van der Waals surface area contributed by atoms with Crippen LogP contribution in [0.1, 0.15) is 129 Å². The van der Waals surface area contributed by atoms with Gasteiger partial charge in [-0.05, 0) is 73.6 Å². The standard InChI is InChI=1S/C21H33N.C13H19NO.C2H6/c1-3-10-19(11-4-2)21-15-9-8-14-20(21)17-22-16-18-12-6-5-7-13-18;1-3-4-8-12(14-2)11-15-13-9-6-5-7-10-13;1-2/h8-9,14-15,17-19H,3-7,10-13,16H2,1-2H3;5-7,9-10H,3-4,8,11H2,1-2H3;1-2H3. The summed E-state index contributed by atoms with van der Waals surface area (Å²) in [5.41, 5.74) is 4.00. The van der Waals surface area contributed by atoms with Crippen molar-refractivity contribution in [2.45, 2.75) is 118 Å². The van der Waals surface area contributed by atoms with Crippen LogP contribution >= 0.6 is 0 Å². The van der Waals surface area contributed by atoms with Gasteiger partial charge < -0.3 is 4.74 Å². The maximum atomic E-state index is 5.63. The molecule has 0 amide bonds. The highest BCUT2D eigenvalue weighted by Crippen LogP contribution is 2.29. The number of nitrogens with zero attached hydrogens (tertiary/aromatic N) is 2. The van der Waals surface area contributed by atoms with Gasteiger partial charge in [-0.3, -0.25) is 9.98 Å². The van der Waals surface area contributed by atoms with Crippen molar-refractivity contribution in [3.05, 3.63) is 65.7 Å². The van der Waals surface area contributed by atoms with Crippen molar-refractivity contribution in [2.75, 3.05) is 20.2 Å². The summed E-state index contributed by atoms with van der Waals surface area (Å²) in [6, 6.07) is 18.8. The lowest BCUT2D eigenvalue weighted by atomic mass is 9.87.